The van der Waals surface area contributed by atoms with Crippen molar-refractivity contribution >= 4 is 11.6 Å². The molecule has 6 nitrogen and oxygen atoms in total. The van der Waals surface area contributed by atoms with Crippen LogP contribution in [-0.2, 0) is 6.42 Å². The lowest BCUT2D eigenvalue weighted by molar-refractivity contribution is 0.179. The topological polar surface area (TPSA) is 114 Å². The molecule has 6 heteroatoms. The van der Waals surface area contributed by atoms with E-state index in [-0.39, 0.29) is 0 Å². The van der Waals surface area contributed by atoms with Gasteiger partial charge in [-0.1, -0.05) is 6.07 Å². The number of anilines is 2. The van der Waals surface area contributed by atoms with Gasteiger partial charge in [0.2, 0.25) is 0 Å². The Morgan fingerprint density at radius 1 is 1.44 bits per heavy atom. The fraction of sp³-hybridized carbons (Fsp3) is 0.200. The van der Waals surface area contributed by atoms with Gasteiger partial charge in [0, 0.05) is 18.2 Å². The average Bonchev–Trinajstić information content (AvgIpc) is 2.68. The molecule has 2 aromatic heterocycles. The summed E-state index contributed by atoms with van der Waals surface area (Å²) in [5.41, 5.74) is 12.7. The molecule has 0 radical (unpaired) electrons. The van der Waals surface area contributed by atoms with Gasteiger partial charge in [0.1, 0.15) is 11.6 Å². The second-order valence-corrected chi connectivity index (χ2v) is 3.51. The number of nitrogens with one attached hydrogen (secondary N) is 1. The Balaban J connectivity index is 2.17. The zero-order valence-electron chi connectivity index (χ0n) is 8.59. The molecule has 84 valence electrons. The standard InChI is InChI=1S/C10H13N5O/c11-9-6(2-1-3-13-9)4-8(16)7-5-14-15-10(7)12/h1-3,5,8,16H,4H2,(H2,11,13)(H3,12,14,15). The van der Waals surface area contributed by atoms with Crippen LogP contribution in [-0.4, -0.2) is 20.3 Å². The molecule has 2 rings (SSSR count). The molecule has 0 aromatic carbocycles. The molecule has 0 bridgehead atoms. The first-order valence-electron chi connectivity index (χ1n) is 4.84. The van der Waals surface area contributed by atoms with Crippen LogP contribution in [0.4, 0.5) is 11.6 Å². The molecule has 0 amide bonds. The Hall–Kier alpha value is -2.08. The monoisotopic (exact) mass is 219 g/mol. The number of rotatable bonds is 3. The number of aliphatic hydroxyl groups is 1. The van der Waals surface area contributed by atoms with E-state index in [1.807, 2.05) is 6.07 Å². The highest BCUT2D eigenvalue weighted by Crippen LogP contribution is 2.23. The van der Waals surface area contributed by atoms with Crippen molar-refractivity contribution in [3.63, 3.8) is 0 Å². The Labute approximate surface area is 92.3 Å². The van der Waals surface area contributed by atoms with Gasteiger partial charge in [0.05, 0.1) is 12.3 Å². The molecule has 0 aliphatic carbocycles. The van der Waals surface area contributed by atoms with Crippen molar-refractivity contribution in [2.24, 2.45) is 0 Å². The molecule has 0 saturated carbocycles. The highest BCUT2D eigenvalue weighted by molar-refractivity contribution is 5.43. The summed E-state index contributed by atoms with van der Waals surface area (Å²) in [4.78, 5) is 3.95. The lowest BCUT2D eigenvalue weighted by Gasteiger charge is -2.10. The third-order valence-corrected chi connectivity index (χ3v) is 2.40. The Bertz CT molecular complexity index is 482. The maximum atomic E-state index is 9.94. The SMILES string of the molecule is Nc1ncccc1CC(O)c1cn[nH]c1N. The predicted octanol–water partition coefficient (Wildman–Crippen LogP) is 0.245. The molecule has 0 fully saturated rings. The molecule has 2 heterocycles. The van der Waals surface area contributed by atoms with Crippen molar-refractivity contribution in [3.05, 3.63) is 35.7 Å². The van der Waals surface area contributed by atoms with E-state index in [0.717, 1.165) is 5.56 Å². The van der Waals surface area contributed by atoms with Gasteiger partial charge in [-0.3, -0.25) is 5.10 Å². The van der Waals surface area contributed by atoms with Gasteiger partial charge in [-0.2, -0.15) is 5.10 Å². The van der Waals surface area contributed by atoms with Crippen LogP contribution >= 0.6 is 0 Å². The molecule has 1 unspecified atom stereocenters. The molecule has 0 spiro atoms. The van der Waals surface area contributed by atoms with Crippen LogP contribution in [0.1, 0.15) is 17.2 Å². The van der Waals surface area contributed by atoms with E-state index in [1.54, 1.807) is 12.3 Å². The van der Waals surface area contributed by atoms with Gasteiger partial charge in [-0.15, -0.1) is 0 Å². The Morgan fingerprint density at radius 2 is 2.25 bits per heavy atom. The number of nitrogens with two attached hydrogens (primary N) is 2. The maximum Gasteiger partial charge on any atom is 0.126 e. The predicted molar refractivity (Wildman–Crippen MR) is 60.3 cm³/mol. The molecule has 16 heavy (non-hydrogen) atoms. The number of hydrogen-bond acceptors (Lipinski definition) is 5. The summed E-state index contributed by atoms with van der Waals surface area (Å²) in [6.45, 7) is 0. The quantitative estimate of drug-likeness (QED) is 0.590. The van der Waals surface area contributed by atoms with E-state index in [0.29, 0.717) is 23.6 Å². The smallest absolute Gasteiger partial charge is 0.126 e. The third kappa shape index (κ3) is 1.96. The van der Waals surface area contributed by atoms with E-state index in [2.05, 4.69) is 15.2 Å². The van der Waals surface area contributed by atoms with Gasteiger partial charge in [-0.05, 0) is 11.6 Å². The Kier molecular flexibility index (Phi) is 2.74. The van der Waals surface area contributed by atoms with Crippen molar-refractivity contribution in [1.29, 1.82) is 0 Å². The molecule has 0 aliphatic rings. The number of H-pyrrole nitrogens is 1. The minimum absolute atomic E-state index is 0.364. The van der Waals surface area contributed by atoms with Gasteiger partial charge in [0.15, 0.2) is 0 Å². The van der Waals surface area contributed by atoms with Crippen LogP contribution in [0.15, 0.2) is 24.5 Å². The fourth-order valence-electron chi connectivity index (χ4n) is 1.51. The van der Waals surface area contributed by atoms with E-state index in [1.165, 1.54) is 6.20 Å². The summed E-state index contributed by atoms with van der Waals surface area (Å²) in [6.07, 6.45) is 2.75. The molecule has 0 saturated heterocycles. The number of aromatic nitrogens is 3. The van der Waals surface area contributed by atoms with Crippen LogP contribution in [0.2, 0.25) is 0 Å². The first-order valence-corrected chi connectivity index (χ1v) is 4.84. The lowest BCUT2D eigenvalue weighted by Crippen LogP contribution is -2.06. The normalized spacial score (nSPS) is 12.6. The number of aliphatic hydroxyl groups excluding tert-OH is 1. The van der Waals surface area contributed by atoms with Crippen molar-refractivity contribution in [2.75, 3.05) is 11.5 Å². The molecule has 1 atom stereocenters. The number of nitrogens with zero attached hydrogens (tertiary/aromatic N) is 2. The summed E-state index contributed by atoms with van der Waals surface area (Å²) in [6, 6.07) is 3.60. The summed E-state index contributed by atoms with van der Waals surface area (Å²) in [5.74, 6) is 0.790. The fourth-order valence-corrected chi connectivity index (χ4v) is 1.51. The third-order valence-electron chi connectivity index (χ3n) is 2.40. The minimum Gasteiger partial charge on any atom is -0.388 e. The van der Waals surface area contributed by atoms with Gasteiger partial charge in [0.25, 0.3) is 0 Å². The van der Waals surface area contributed by atoms with Crippen molar-refractivity contribution in [2.45, 2.75) is 12.5 Å². The van der Waals surface area contributed by atoms with Crippen LogP contribution in [0, 0.1) is 0 Å². The second kappa shape index (κ2) is 4.19. The van der Waals surface area contributed by atoms with Crippen molar-refractivity contribution in [1.82, 2.24) is 15.2 Å². The van der Waals surface area contributed by atoms with E-state index >= 15 is 0 Å². The molecular formula is C10H13N5O. The first-order chi connectivity index (χ1) is 7.68. The summed E-state index contributed by atoms with van der Waals surface area (Å²) in [7, 11) is 0. The van der Waals surface area contributed by atoms with Crippen molar-refractivity contribution < 1.29 is 5.11 Å². The number of aromatic amines is 1. The van der Waals surface area contributed by atoms with E-state index in [9.17, 15) is 5.11 Å². The van der Waals surface area contributed by atoms with Crippen LogP contribution < -0.4 is 11.5 Å². The van der Waals surface area contributed by atoms with Crippen LogP contribution in [0.3, 0.4) is 0 Å². The Morgan fingerprint density at radius 3 is 2.88 bits per heavy atom. The number of nitrogen functional groups attached to an aromatic ring is 2. The molecule has 6 N–H and O–H groups in total. The van der Waals surface area contributed by atoms with E-state index < -0.39 is 6.10 Å². The second-order valence-electron chi connectivity index (χ2n) is 3.51. The zero-order chi connectivity index (χ0) is 11.5. The zero-order valence-corrected chi connectivity index (χ0v) is 8.59. The van der Waals surface area contributed by atoms with Gasteiger partial charge in [-0.25, -0.2) is 4.98 Å². The largest absolute Gasteiger partial charge is 0.388 e. The summed E-state index contributed by atoms with van der Waals surface area (Å²) in [5, 5.41) is 16.3. The number of hydrogen-bond donors (Lipinski definition) is 4. The van der Waals surface area contributed by atoms with E-state index in [4.69, 9.17) is 11.5 Å². The van der Waals surface area contributed by atoms with Crippen LogP contribution in [0.5, 0.6) is 0 Å². The molecule has 0 aliphatic heterocycles. The number of pyridine rings is 1. The first kappa shape index (κ1) is 10.4. The maximum absolute atomic E-state index is 9.94. The lowest BCUT2D eigenvalue weighted by atomic mass is 10.0. The highest BCUT2D eigenvalue weighted by atomic mass is 16.3. The molecular weight excluding hydrogens is 206 g/mol. The molecule has 2 aromatic rings. The summed E-state index contributed by atoms with van der Waals surface area (Å²) >= 11 is 0. The summed E-state index contributed by atoms with van der Waals surface area (Å²) < 4.78 is 0. The minimum atomic E-state index is -0.731. The average molecular weight is 219 g/mol. The van der Waals surface area contributed by atoms with Gasteiger partial charge < -0.3 is 16.6 Å². The van der Waals surface area contributed by atoms with Crippen LogP contribution in [0.25, 0.3) is 0 Å². The van der Waals surface area contributed by atoms with Crippen molar-refractivity contribution in [3.8, 4) is 0 Å². The van der Waals surface area contributed by atoms with Gasteiger partial charge >= 0.3 is 0 Å². The highest BCUT2D eigenvalue weighted by Gasteiger charge is 2.14.